The minimum atomic E-state index is -3.06. The van der Waals surface area contributed by atoms with E-state index in [2.05, 4.69) is 15.3 Å². The number of rotatable bonds is 6. The second-order valence-electron chi connectivity index (χ2n) is 5.16. The van der Waals surface area contributed by atoms with Gasteiger partial charge in [0.05, 0.1) is 37.7 Å². The molecule has 2 aromatic carbocycles. The van der Waals surface area contributed by atoms with Gasteiger partial charge < -0.3 is 31.0 Å². The molecular formula is C19H23N5O3. The molecule has 0 fully saturated rings. The molecule has 8 nitrogen and oxygen atoms in total. The van der Waals surface area contributed by atoms with Gasteiger partial charge in [0.15, 0.2) is 11.5 Å². The van der Waals surface area contributed by atoms with Crippen LogP contribution in [-0.2, 0) is 6.50 Å². The van der Waals surface area contributed by atoms with Crippen molar-refractivity contribution in [2.24, 2.45) is 0 Å². The zero-order valence-corrected chi connectivity index (χ0v) is 14.4. The summed E-state index contributed by atoms with van der Waals surface area (Å²) in [6.45, 7) is -5.99. The lowest BCUT2D eigenvalue weighted by atomic mass is 10.0. The Labute approximate surface area is 172 Å². The van der Waals surface area contributed by atoms with E-state index in [-0.39, 0.29) is 28.3 Å². The fraction of sp³-hybridized carbons (Fsp3) is 0.263. The number of aromatic nitrogens is 2. The summed E-state index contributed by atoms with van der Waals surface area (Å²) in [6, 6.07) is -1.01. The third-order valence-electron chi connectivity index (χ3n) is 3.56. The molecule has 0 aliphatic rings. The number of aryl methyl sites for hydroxylation is 1. The van der Waals surface area contributed by atoms with Crippen molar-refractivity contribution in [3.63, 3.8) is 0 Å². The van der Waals surface area contributed by atoms with E-state index in [0.717, 1.165) is 13.2 Å². The average molecular weight is 380 g/mol. The van der Waals surface area contributed by atoms with Gasteiger partial charge in [-0.2, -0.15) is 4.98 Å². The Bertz CT molecular complexity index is 1410. The predicted molar refractivity (Wildman–Crippen MR) is 107 cm³/mol. The molecule has 27 heavy (non-hydrogen) atoms. The van der Waals surface area contributed by atoms with Gasteiger partial charge in [-0.25, -0.2) is 4.98 Å². The van der Waals surface area contributed by atoms with Crippen molar-refractivity contribution in [3.05, 3.63) is 35.3 Å². The van der Waals surface area contributed by atoms with Crippen LogP contribution in [0.3, 0.4) is 0 Å². The number of nitrogens with one attached hydrogen (secondary N) is 1. The van der Waals surface area contributed by atoms with Gasteiger partial charge in [-0.05, 0) is 24.0 Å². The number of hydrogen-bond acceptors (Lipinski definition) is 8. The number of nitrogens with two attached hydrogens (primary N) is 2. The van der Waals surface area contributed by atoms with E-state index >= 15 is 0 Å². The Balaban J connectivity index is 2.33. The molecule has 0 atom stereocenters. The molecule has 142 valence electrons. The Kier molecular flexibility index (Phi) is 2.48. The SMILES string of the molecule is [2H]c1c(NC([2H])([2H])c2c([2H])c([2H])c3nc(N)nc(N)c3c2C([2H])([2H])[2H])cc(OC)c(OC([2H])([2H])[2H])c1OC. The van der Waals surface area contributed by atoms with E-state index in [9.17, 15) is 0 Å². The fourth-order valence-electron chi connectivity index (χ4n) is 2.35. The van der Waals surface area contributed by atoms with Crippen LogP contribution in [0.2, 0.25) is 0 Å². The van der Waals surface area contributed by atoms with Crippen molar-refractivity contribution in [1.29, 1.82) is 0 Å². The summed E-state index contributed by atoms with van der Waals surface area (Å²) in [4.78, 5) is 7.58. The van der Waals surface area contributed by atoms with Crippen LogP contribution in [0, 0.1) is 6.85 Å². The second-order valence-corrected chi connectivity index (χ2v) is 5.16. The Morgan fingerprint density at radius 3 is 2.70 bits per heavy atom. The minimum absolute atomic E-state index is 0.248. The highest BCUT2D eigenvalue weighted by Gasteiger charge is 2.14. The van der Waals surface area contributed by atoms with Gasteiger partial charge in [0.1, 0.15) is 5.82 Å². The molecule has 3 rings (SSSR count). The first-order chi connectivity index (χ1) is 17.3. The van der Waals surface area contributed by atoms with E-state index in [1.54, 1.807) is 0 Å². The van der Waals surface area contributed by atoms with Gasteiger partial charge in [-0.15, -0.1) is 0 Å². The van der Waals surface area contributed by atoms with Crippen molar-refractivity contribution >= 4 is 28.4 Å². The zero-order valence-electron chi connectivity index (χ0n) is 25.4. The largest absolute Gasteiger partial charge is 0.493 e. The van der Waals surface area contributed by atoms with Crippen molar-refractivity contribution in [2.45, 2.75) is 13.3 Å². The number of nitrogen functional groups attached to an aromatic ring is 2. The topological polar surface area (TPSA) is 118 Å². The average Bonchev–Trinajstić information content (AvgIpc) is 2.76. The molecule has 0 saturated heterocycles. The predicted octanol–water partition coefficient (Wildman–Crippen LogP) is 2.74. The highest BCUT2D eigenvalue weighted by molar-refractivity contribution is 5.92. The van der Waals surface area contributed by atoms with Gasteiger partial charge in [0.2, 0.25) is 11.7 Å². The van der Waals surface area contributed by atoms with Crippen LogP contribution in [0.25, 0.3) is 10.9 Å². The van der Waals surface area contributed by atoms with Crippen molar-refractivity contribution < 1.29 is 29.3 Å². The maximum absolute atomic E-state index is 8.71. The first-order valence-electron chi connectivity index (χ1n) is 12.9. The standard InChI is InChI=1S/C19H23N5O3/c1-10-11(5-6-13-16(10)18(20)24-19(21)23-13)9-22-12-7-14(25-2)17(27-4)15(8-12)26-3/h5-8,22H,9H2,1-4H3,(H4,20,21,23,24)/i1D3,4D3,5D,6D,7D,9D2. The van der Waals surface area contributed by atoms with Gasteiger partial charge in [0.25, 0.3) is 0 Å². The van der Waals surface area contributed by atoms with Gasteiger partial charge in [0, 0.05) is 33.8 Å². The van der Waals surface area contributed by atoms with E-state index in [4.69, 9.17) is 40.8 Å². The smallest absolute Gasteiger partial charge is 0.222 e. The minimum Gasteiger partial charge on any atom is -0.493 e. The van der Waals surface area contributed by atoms with E-state index in [0.29, 0.717) is 0 Å². The van der Waals surface area contributed by atoms with Gasteiger partial charge in [-0.3, -0.25) is 0 Å². The summed E-state index contributed by atoms with van der Waals surface area (Å²) >= 11 is 0. The third-order valence-corrected chi connectivity index (χ3v) is 3.56. The van der Waals surface area contributed by atoms with Crippen molar-refractivity contribution in [3.8, 4) is 17.2 Å². The molecule has 0 saturated carbocycles. The van der Waals surface area contributed by atoms with Crippen LogP contribution in [0.15, 0.2) is 24.2 Å². The molecule has 3 aromatic rings. The van der Waals surface area contributed by atoms with Crippen LogP contribution in [0.5, 0.6) is 17.2 Å². The lowest BCUT2D eigenvalue weighted by Gasteiger charge is -2.16. The van der Waals surface area contributed by atoms with Crippen LogP contribution >= 0.6 is 0 Å². The van der Waals surface area contributed by atoms with E-state index in [1.807, 2.05) is 0 Å². The lowest BCUT2D eigenvalue weighted by molar-refractivity contribution is 0.324. The summed E-state index contributed by atoms with van der Waals surface area (Å²) in [7, 11) is -0.648. The van der Waals surface area contributed by atoms with Crippen LogP contribution < -0.4 is 31.0 Å². The summed E-state index contributed by atoms with van der Waals surface area (Å²) in [6.07, 6.45) is 0. The van der Waals surface area contributed by atoms with Crippen LogP contribution in [0.1, 0.15) is 26.2 Å². The number of ether oxygens (including phenoxy) is 3. The number of nitrogens with zero attached hydrogens (tertiary/aromatic N) is 2. The highest BCUT2D eigenvalue weighted by atomic mass is 16.5. The molecule has 0 aliphatic heterocycles. The van der Waals surface area contributed by atoms with Crippen LogP contribution in [-0.4, -0.2) is 31.2 Å². The molecule has 0 spiro atoms. The second kappa shape index (κ2) is 7.45. The van der Waals surface area contributed by atoms with Crippen LogP contribution in [0.4, 0.5) is 17.5 Å². The lowest BCUT2D eigenvalue weighted by Crippen LogP contribution is -2.06. The molecule has 1 aromatic heterocycles. The first kappa shape index (κ1) is 8.98. The molecule has 1 heterocycles. The number of anilines is 3. The first-order valence-corrected chi connectivity index (χ1v) is 7.43. The molecule has 5 N–H and O–H groups in total. The van der Waals surface area contributed by atoms with E-state index in [1.165, 1.54) is 7.11 Å². The maximum atomic E-state index is 8.71. The molecule has 0 aliphatic carbocycles. The summed E-state index contributed by atoms with van der Waals surface area (Å²) in [5.74, 6) is -1.92. The fourth-order valence-corrected chi connectivity index (χ4v) is 2.35. The maximum Gasteiger partial charge on any atom is 0.222 e. The van der Waals surface area contributed by atoms with Gasteiger partial charge >= 0.3 is 0 Å². The Morgan fingerprint density at radius 1 is 1.19 bits per heavy atom. The number of benzene rings is 2. The van der Waals surface area contributed by atoms with Gasteiger partial charge in [-0.1, -0.05) is 6.04 Å². The summed E-state index contributed by atoms with van der Waals surface area (Å²) < 4.78 is 104. The monoisotopic (exact) mass is 380 g/mol. The normalized spacial score (nSPS) is 18.1. The highest BCUT2D eigenvalue weighted by Crippen LogP contribution is 2.40. The summed E-state index contributed by atoms with van der Waals surface area (Å²) in [5.41, 5.74) is 9.30. The molecule has 0 unspecified atom stereocenters. The van der Waals surface area contributed by atoms with E-state index < -0.39 is 67.0 Å². The van der Waals surface area contributed by atoms with Crippen molar-refractivity contribution in [2.75, 3.05) is 38.0 Å². The molecule has 0 bridgehead atoms. The Hall–Kier alpha value is -3.42. The molecular weight excluding hydrogens is 346 g/mol. The number of hydrogen-bond donors (Lipinski definition) is 3. The zero-order chi connectivity index (χ0) is 29.0. The van der Waals surface area contributed by atoms with Crippen molar-refractivity contribution in [1.82, 2.24) is 9.97 Å². The molecule has 0 radical (unpaired) electrons. The Morgan fingerprint density at radius 2 is 2.00 bits per heavy atom. The number of methoxy groups -OCH3 is 3. The number of fused-ring (bicyclic) bond motifs is 1. The molecule has 8 heteroatoms. The quantitative estimate of drug-likeness (QED) is 0.597. The summed E-state index contributed by atoms with van der Waals surface area (Å²) in [5, 5.41) is 1.98. The molecule has 0 amide bonds. The third kappa shape index (κ3) is 3.46.